The molecule has 7 nitrogen and oxygen atoms in total. The van der Waals surface area contributed by atoms with E-state index >= 15 is 0 Å². The van der Waals surface area contributed by atoms with Gasteiger partial charge in [-0.15, -0.1) is 0 Å². The molecular weight excluding hydrogens is 300 g/mol. The van der Waals surface area contributed by atoms with Crippen LogP contribution in [0.15, 0.2) is 18.2 Å². The monoisotopic (exact) mass is 320 g/mol. The second kappa shape index (κ2) is 6.60. The van der Waals surface area contributed by atoms with Gasteiger partial charge in [0.1, 0.15) is 23.2 Å². The van der Waals surface area contributed by atoms with E-state index in [-0.39, 0.29) is 5.91 Å². The number of methoxy groups -OCH3 is 3. The first-order chi connectivity index (χ1) is 10.9. The number of benzene rings is 1. The second-order valence-corrected chi connectivity index (χ2v) is 5.04. The highest BCUT2D eigenvalue weighted by Gasteiger charge is 2.22. The molecule has 0 bridgehead atoms. The van der Waals surface area contributed by atoms with Crippen LogP contribution in [0, 0.1) is 0 Å². The van der Waals surface area contributed by atoms with Gasteiger partial charge in [-0.1, -0.05) is 0 Å². The van der Waals surface area contributed by atoms with E-state index in [2.05, 4.69) is 10.1 Å². The maximum atomic E-state index is 12.4. The summed E-state index contributed by atoms with van der Waals surface area (Å²) in [6.45, 7) is 1.56. The van der Waals surface area contributed by atoms with E-state index in [1.807, 2.05) is 0 Å². The van der Waals surface area contributed by atoms with Gasteiger partial charge >= 0.3 is 5.97 Å². The lowest BCUT2D eigenvalue weighted by molar-refractivity contribution is -0.142. The number of carbonyl (C=O) groups is 2. The van der Waals surface area contributed by atoms with Crippen LogP contribution in [0.1, 0.15) is 17.4 Å². The van der Waals surface area contributed by atoms with Gasteiger partial charge in [0.2, 0.25) is 0 Å². The third kappa shape index (κ3) is 2.94. The number of aryl methyl sites for hydroxylation is 1. The Morgan fingerprint density at radius 2 is 1.74 bits per heavy atom. The summed E-state index contributed by atoms with van der Waals surface area (Å²) in [5, 5.41) is 3.36. The molecule has 1 unspecified atom stereocenters. The molecule has 7 heteroatoms. The molecule has 124 valence electrons. The minimum absolute atomic E-state index is 0.384. The Bertz CT molecular complexity index is 750. The molecule has 0 aliphatic heterocycles. The predicted molar refractivity (Wildman–Crippen MR) is 85.0 cm³/mol. The number of nitrogens with one attached hydrogen (secondary N) is 1. The van der Waals surface area contributed by atoms with Crippen molar-refractivity contribution in [1.29, 1.82) is 0 Å². The van der Waals surface area contributed by atoms with Crippen LogP contribution in [0.5, 0.6) is 11.5 Å². The Kier molecular flexibility index (Phi) is 4.78. The zero-order chi connectivity index (χ0) is 17.1. The van der Waals surface area contributed by atoms with E-state index in [1.54, 1.807) is 51.0 Å². The standard InChI is InChI=1S/C16H20N2O5/c1-9(16(20)23-5)17-15(19)11-8-10-12(21-3)6-7-13(22-4)14(10)18(11)2/h6-9H,1-5H3,(H,17,19). The lowest BCUT2D eigenvalue weighted by atomic mass is 10.2. The number of ether oxygens (including phenoxy) is 3. The Hall–Kier alpha value is -2.70. The number of rotatable bonds is 5. The highest BCUT2D eigenvalue weighted by molar-refractivity contribution is 6.03. The lowest BCUT2D eigenvalue weighted by Crippen LogP contribution is -2.39. The van der Waals surface area contributed by atoms with E-state index in [4.69, 9.17) is 9.47 Å². The fourth-order valence-corrected chi connectivity index (χ4v) is 2.48. The van der Waals surface area contributed by atoms with Crippen molar-refractivity contribution in [2.45, 2.75) is 13.0 Å². The molecule has 1 heterocycles. The number of hydrogen-bond donors (Lipinski definition) is 1. The normalized spacial score (nSPS) is 11.9. The van der Waals surface area contributed by atoms with Crippen LogP contribution < -0.4 is 14.8 Å². The topological polar surface area (TPSA) is 78.8 Å². The number of carbonyl (C=O) groups excluding carboxylic acids is 2. The van der Waals surface area contributed by atoms with Gasteiger partial charge in [0.25, 0.3) is 5.91 Å². The summed E-state index contributed by atoms with van der Waals surface area (Å²) in [5.41, 5.74) is 1.13. The van der Waals surface area contributed by atoms with E-state index in [9.17, 15) is 9.59 Å². The van der Waals surface area contributed by atoms with Crippen LogP contribution >= 0.6 is 0 Å². The van der Waals surface area contributed by atoms with Crippen molar-refractivity contribution in [3.05, 3.63) is 23.9 Å². The minimum Gasteiger partial charge on any atom is -0.496 e. The van der Waals surface area contributed by atoms with Crippen molar-refractivity contribution in [2.24, 2.45) is 7.05 Å². The summed E-state index contributed by atoms with van der Waals surface area (Å²) in [6.07, 6.45) is 0. The van der Waals surface area contributed by atoms with E-state index in [1.165, 1.54) is 7.11 Å². The van der Waals surface area contributed by atoms with Crippen molar-refractivity contribution >= 4 is 22.8 Å². The summed E-state index contributed by atoms with van der Waals surface area (Å²) in [4.78, 5) is 23.9. The van der Waals surface area contributed by atoms with E-state index in [0.29, 0.717) is 17.2 Å². The van der Waals surface area contributed by atoms with Crippen molar-refractivity contribution in [2.75, 3.05) is 21.3 Å². The number of nitrogens with zero attached hydrogens (tertiary/aromatic N) is 1. The second-order valence-electron chi connectivity index (χ2n) is 5.04. The average Bonchev–Trinajstić information content (AvgIpc) is 2.91. The molecule has 1 amide bonds. The van der Waals surface area contributed by atoms with Gasteiger partial charge in [0.05, 0.1) is 26.8 Å². The highest BCUT2D eigenvalue weighted by Crippen LogP contribution is 2.35. The number of amides is 1. The maximum absolute atomic E-state index is 12.4. The van der Waals surface area contributed by atoms with Crippen LogP contribution in [0.4, 0.5) is 0 Å². The largest absolute Gasteiger partial charge is 0.496 e. The number of hydrogen-bond acceptors (Lipinski definition) is 5. The molecule has 0 saturated heterocycles. The molecule has 1 N–H and O–H groups in total. The first-order valence-corrected chi connectivity index (χ1v) is 7.03. The molecular formula is C16H20N2O5. The fraction of sp³-hybridized carbons (Fsp3) is 0.375. The minimum atomic E-state index is -0.741. The number of fused-ring (bicyclic) bond motifs is 1. The van der Waals surface area contributed by atoms with Gasteiger partial charge in [-0.2, -0.15) is 0 Å². The lowest BCUT2D eigenvalue weighted by Gasteiger charge is -2.12. The smallest absolute Gasteiger partial charge is 0.328 e. The molecule has 1 aromatic heterocycles. The third-order valence-corrected chi connectivity index (χ3v) is 3.69. The van der Waals surface area contributed by atoms with Gasteiger partial charge in [-0.25, -0.2) is 4.79 Å². The van der Waals surface area contributed by atoms with Crippen molar-refractivity contribution in [1.82, 2.24) is 9.88 Å². The zero-order valence-electron chi connectivity index (χ0n) is 13.8. The molecule has 0 aliphatic rings. The summed E-state index contributed by atoms with van der Waals surface area (Å²) >= 11 is 0. The van der Waals surface area contributed by atoms with Crippen molar-refractivity contribution in [3.8, 4) is 11.5 Å². The quantitative estimate of drug-likeness (QED) is 0.844. The summed E-state index contributed by atoms with van der Waals surface area (Å²) in [5.74, 6) is 0.373. The predicted octanol–water partition coefficient (Wildman–Crippen LogP) is 1.49. The Morgan fingerprint density at radius 3 is 2.30 bits per heavy atom. The van der Waals surface area contributed by atoms with Gasteiger partial charge in [-0.05, 0) is 25.1 Å². The summed E-state index contributed by atoms with van der Waals surface area (Å²) in [7, 11) is 6.15. The molecule has 2 aromatic rings. The van der Waals surface area contributed by atoms with E-state index in [0.717, 1.165) is 10.9 Å². The molecule has 2 rings (SSSR count). The molecule has 0 aliphatic carbocycles. The van der Waals surface area contributed by atoms with E-state index < -0.39 is 12.0 Å². The Balaban J connectivity index is 2.48. The van der Waals surface area contributed by atoms with Crippen LogP contribution in [-0.2, 0) is 16.6 Å². The molecule has 0 saturated carbocycles. The fourth-order valence-electron chi connectivity index (χ4n) is 2.48. The number of aromatic nitrogens is 1. The molecule has 0 spiro atoms. The maximum Gasteiger partial charge on any atom is 0.328 e. The first kappa shape index (κ1) is 16.7. The molecule has 1 atom stereocenters. The van der Waals surface area contributed by atoms with Crippen molar-refractivity contribution < 1.29 is 23.8 Å². The number of esters is 1. The third-order valence-electron chi connectivity index (χ3n) is 3.69. The zero-order valence-corrected chi connectivity index (χ0v) is 13.8. The average molecular weight is 320 g/mol. The van der Waals surface area contributed by atoms with Crippen LogP contribution in [0.2, 0.25) is 0 Å². The summed E-state index contributed by atoms with van der Waals surface area (Å²) < 4.78 is 17.0. The van der Waals surface area contributed by atoms with Gasteiger partial charge < -0.3 is 24.1 Å². The van der Waals surface area contributed by atoms with Gasteiger partial charge in [0, 0.05) is 12.4 Å². The Morgan fingerprint density at radius 1 is 1.13 bits per heavy atom. The van der Waals surface area contributed by atoms with Crippen molar-refractivity contribution in [3.63, 3.8) is 0 Å². The van der Waals surface area contributed by atoms with Crippen LogP contribution in [-0.4, -0.2) is 43.8 Å². The van der Waals surface area contributed by atoms with Gasteiger partial charge in [-0.3, -0.25) is 4.79 Å². The molecule has 0 fully saturated rings. The summed E-state index contributed by atoms with van der Waals surface area (Å²) in [6, 6.07) is 4.52. The Labute approximate surface area is 134 Å². The van der Waals surface area contributed by atoms with Crippen LogP contribution in [0.3, 0.4) is 0 Å². The molecule has 23 heavy (non-hydrogen) atoms. The molecule has 1 aromatic carbocycles. The first-order valence-electron chi connectivity index (χ1n) is 7.03. The highest BCUT2D eigenvalue weighted by atomic mass is 16.5. The van der Waals surface area contributed by atoms with Gasteiger partial charge in [0.15, 0.2) is 0 Å². The SMILES string of the molecule is COC(=O)C(C)NC(=O)c1cc2c(OC)ccc(OC)c2n1C. The van der Waals surface area contributed by atoms with Crippen LogP contribution in [0.25, 0.3) is 10.9 Å². The molecule has 0 radical (unpaired) electrons.